The number of benzene rings is 1. The summed E-state index contributed by atoms with van der Waals surface area (Å²) < 4.78 is 8.54. The molecule has 1 N–H and O–H groups in total. The Bertz CT molecular complexity index is 1110. The minimum Gasteiger partial charge on any atom is -0.465 e. The van der Waals surface area contributed by atoms with Crippen molar-refractivity contribution >= 4 is 28.9 Å². The van der Waals surface area contributed by atoms with Gasteiger partial charge in [-0.1, -0.05) is 6.07 Å². The highest BCUT2D eigenvalue weighted by Gasteiger charge is 2.11. The smallest absolute Gasteiger partial charge is 0.337 e. The zero-order valence-electron chi connectivity index (χ0n) is 15.2. The fraction of sp³-hybridized carbons (Fsp3) is 0.150. The van der Waals surface area contributed by atoms with Crippen molar-refractivity contribution < 1.29 is 14.3 Å². The van der Waals surface area contributed by atoms with Gasteiger partial charge in [-0.15, -0.1) is 11.3 Å². The molecule has 0 aliphatic heterocycles. The van der Waals surface area contributed by atoms with Gasteiger partial charge in [0.25, 0.3) is 5.91 Å². The number of fused-ring (bicyclic) bond motifs is 1. The third-order valence-corrected chi connectivity index (χ3v) is 5.27. The van der Waals surface area contributed by atoms with Crippen LogP contribution in [0.4, 0.5) is 0 Å². The number of rotatable bonds is 6. The van der Waals surface area contributed by atoms with Crippen LogP contribution in [0, 0.1) is 0 Å². The molecule has 1 amide bonds. The monoisotopic (exact) mass is 394 g/mol. The molecular weight excluding hydrogens is 376 g/mol. The molecule has 4 rings (SSSR count). The molecule has 8 heteroatoms. The molecule has 0 atom stereocenters. The van der Waals surface area contributed by atoms with Gasteiger partial charge in [-0.3, -0.25) is 4.79 Å². The summed E-state index contributed by atoms with van der Waals surface area (Å²) in [6.45, 7) is 1.10. The Hall–Kier alpha value is -3.39. The van der Waals surface area contributed by atoms with E-state index in [-0.39, 0.29) is 5.91 Å². The van der Waals surface area contributed by atoms with Crippen LogP contribution in [0.3, 0.4) is 0 Å². The van der Waals surface area contributed by atoms with E-state index in [4.69, 9.17) is 0 Å². The standard InChI is InChI=1S/C20H18N4O3S/c1-27-20(26)15-6-4-14(5-7-15)19(25)21-8-9-23-10-11-24-18(23)13-16(22-24)17-3-2-12-28-17/h2-7,10-13H,8-9H2,1H3,(H,21,25). The van der Waals surface area contributed by atoms with E-state index in [9.17, 15) is 9.59 Å². The van der Waals surface area contributed by atoms with Crippen molar-refractivity contribution in [2.75, 3.05) is 13.7 Å². The molecule has 7 nitrogen and oxygen atoms in total. The van der Waals surface area contributed by atoms with E-state index in [1.165, 1.54) is 7.11 Å². The van der Waals surface area contributed by atoms with Gasteiger partial charge in [-0.25, -0.2) is 9.31 Å². The zero-order valence-corrected chi connectivity index (χ0v) is 16.0. The molecular formula is C20H18N4O3S. The molecule has 28 heavy (non-hydrogen) atoms. The highest BCUT2D eigenvalue weighted by atomic mass is 32.1. The molecule has 0 aliphatic carbocycles. The normalized spacial score (nSPS) is 10.9. The van der Waals surface area contributed by atoms with Crippen molar-refractivity contribution in [3.63, 3.8) is 0 Å². The highest BCUT2D eigenvalue weighted by Crippen LogP contribution is 2.24. The first-order chi connectivity index (χ1) is 13.7. The van der Waals surface area contributed by atoms with E-state index in [2.05, 4.69) is 15.2 Å². The van der Waals surface area contributed by atoms with Gasteiger partial charge in [-0.2, -0.15) is 5.10 Å². The summed E-state index contributed by atoms with van der Waals surface area (Å²) >= 11 is 1.65. The van der Waals surface area contributed by atoms with E-state index in [0.29, 0.717) is 24.2 Å². The highest BCUT2D eigenvalue weighted by molar-refractivity contribution is 7.13. The number of amides is 1. The molecule has 0 saturated carbocycles. The van der Waals surface area contributed by atoms with Gasteiger partial charge in [-0.05, 0) is 35.7 Å². The number of carbonyl (C=O) groups is 2. The van der Waals surface area contributed by atoms with Crippen LogP contribution in [0.5, 0.6) is 0 Å². The van der Waals surface area contributed by atoms with Crippen molar-refractivity contribution in [2.24, 2.45) is 0 Å². The molecule has 0 unspecified atom stereocenters. The van der Waals surface area contributed by atoms with Gasteiger partial charge in [0.05, 0.1) is 17.6 Å². The third kappa shape index (κ3) is 3.54. The first-order valence-corrected chi connectivity index (χ1v) is 9.58. The molecule has 0 saturated heterocycles. The van der Waals surface area contributed by atoms with Gasteiger partial charge in [0, 0.05) is 37.1 Å². The van der Waals surface area contributed by atoms with Crippen LogP contribution in [-0.4, -0.2) is 39.7 Å². The van der Waals surface area contributed by atoms with Crippen LogP contribution in [0.1, 0.15) is 20.7 Å². The van der Waals surface area contributed by atoms with Gasteiger partial charge in [0.1, 0.15) is 11.3 Å². The number of nitrogens with one attached hydrogen (secondary N) is 1. The third-order valence-electron chi connectivity index (χ3n) is 4.38. The Morgan fingerprint density at radius 2 is 1.93 bits per heavy atom. The Labute approximate surface area is 165 Å². The fourth-order valence-corrected chi connectivity index (χ4v) is 3.61. The second kappa shape index (κ2) is 7.69. The molecule has 3 aromatic heterocycles. The quantitative estimate of drug-likeness (QED) is 0.510. The molecule has 0 spiro atoms. The SMILES string of the molecule is COC(=O)c1ccc(C(=O)NCCn2ccn3nc(-c4cccs4)cc23)cc1. The first kappa shape index (κ1) is 18.0. The van der Waals surface area contributed by atoms with Crippen LogP contribution in [0.25, 0.3) is 16.2 Å². The maximum Gasteiger partial charge on any atom is 0.337 e. The average Bonchev–Trinajstić information content (AvgIpc) is 3.45. The van der Waals surface area contributed by atoms with Crippen LogP contribution >= 0.6 is 11.3 Å². The number of aromatic nitrogens is 3. The molecule has 1 aromatic carbocycles. The summed E-state index contributed by atoms with van der Waals surface area (Å²) in [4.78, 5) is 24.9. The topological polar surface area (TPSA) is 77.6 Å². The predicted octanol–water partition coefficient (Wildman–Crippen LogP) is 3.08. The molecule has 0 aliphatic rings. The van der Waals surface area contributed by atoms with Crippen molar-refractivity contribution in [3.05, 3.63) is 71.4 Å². The summed E-state index contributed by atoms with van der Waals surface area (Å²) in [5, 5.41) is 9.50. The lowest BCUT2D eigenvalue weighted by Crippen LogP contribution is -2.27. The molecule has 0 radical (unpaired) electrons. The molecule has 4 aromatic rings. The zero-order chi connectivity index (χ0) is 19.5. The number of ether oxygens (including phenoxy) is 1. The van der Waals surface area contributed by atoms with Crippen LogP contribution in [0.15, 0.2) is 60.2 Å². The predicted molar refractivity (Wildman–Crippen MR) is 107 cm³/mol. The molecule has 0 bridgehead atoms. The van der Waals surface area contributed by atoms with E-state index in [0.717, 1.165) is 16.2 Å². The van der Waals surface area contributed by atoms with Gasteiger partial charge in [0.2, 0.25) is 0 Å². The Kier molecular flexibility index (Phi) is 4.94. The largest absolute Gasteiger partial charge is 0.465 e. The number of hydrogen-bond donors (Lipinski definition) is 1. The second-order valence-electron chi connectivity index (χ2n) is 6.13. The van der Waals surface area contributed by atoms with E-state index in [1.807, 2.05) is 45.1 Å². The number of esters is 1. The number of methoxy groups -OCH3 is 1. The van der Waals surface area contributed by atoms with Crippen molar-refractivity contribution in [1.29, 1.82) is 0 Å². The Morgan fingerprint density at radius 3 is 2.64 bits per heavy atom. The average molecular weight is 394 g/mol. The summed E-state index contributed by atoms with van der Waals surface area (Å²) in [7, 11) is 1.32. The second-order valence-corrected chi connectivity index (χ2v) is 7.07. The van der Waals surface area contributed by atoms with Crippen molar-refractivity contribution in [3.8, 4) is 10.6 Å². The lowest BCUT2D eigenvalue weighted by atomic mass is 10.1. The van der Waals surface area contributed by atoms with E-state index < -0.39 is 5.97 Å². The number of hydrogen-bond acceptors (Lipinski definition) is 5. The van der Waals surface area contributed by atoms with Crippen molar-refractivity contribution in [2.45, 2.75) is 6.54 Å². The van der Waals surface area contributed by atoms with Crippen LogP contribution in [-0.2, 0) is 11.3 Å². The first-order valence-electron chi connectivity index (χ1n) is 8.70. The molecule has 3 heterocycles. The molecule has 142 valence electrons. The fourth-order valence-electron chi connectivity index (χ4n) is 2.93. The number of imidazole rings is 1. The Balaban J connectivity index is 1.38. The maximum atomic E-state index is 12.3. The van der Waals surface area contributed by atoms with Crippen LogP contribution < -0.4 is 5.32 Å². The number of nitrogens with zero attached hydrogens (tertiary/aromatic N) is 3. The van der Waals surface area contributed by atoms with Crippen molar-refractivity contribution in [1.82, 2.24) is 19.5 Å². The van der Waals surface area contributed by atoms with Gasteiger partial charge >= 0.3 is 5.97 Å². The summed E-state index contributed by atoms with van der Waals surface area (Å²) in [6, 6.07) is 12.5. The van der Waals surface area contributed by atoms with E-state index in [1.54, 1.807) is 35.6 Å². The summed E-state index contributed by atoms with van der Waals surface area (Å²) in [6.07, 6.45) is 3.84. The maximum absolute atomic E-state index is 12.3. The van der Waals surface area contributed by atoms with Gasteiger partial charge in [0.15, 0.2) is 0 Å². The summed E-state index contributed by atoms with van der Waals surface area (Å²) in [5.41, 5.74) is 2.82. The van der Waals surface area contributed by atoms with E-state index >= 15 is 0 Å². The van der Waals surface area contributed by atoms with Crippen LogP contribution in [0.2, 0.25) is 0 Å². The Morgan fingerprint density at radius 1 is 1.14 bits per heavy atom. The minimum atomic E-state index is -0.425. The van der Waals surface area contributed by atoms with Gasteiger partial charge < -0.3 is 14.6 Å². The summed E-state index contributed by atoms with van der Waals surface area (Å²) in [5.74, 6) is -0.612. The lowest BCUT2D eigenvalue weighted by Gasteiger charge is -2.07. The number of thiophene rings is 1. The number of carbonyl (C=O) groups excluding carboxylic acids is 2. The molecule has 0 fully saturated rings. The minimum absolute atomic E-state index is 0.188. The lowest BCUT2D eigenvalue weighted by molar-refractivity contribution is 0.0600.